The van der Waals surface area contributed by atoms with Gasteiger partial charge in [0.25, 0.3) is 0 Å². The van der Waals surface area contributed by atoms with Crippen LogP contribution >= 0.6 is 11.3 Å². The zero-order chi connectivity index (χ0) is 21.7. The highest BCUT2D eigenvalue weighted by molar-refractivity contribution is 7.18. The monoisotopic (exact) mass is 433 g/mol. The smallest absolute Gasteiger partial charge is 0.407 e. The van der Waals surface area contributed by atoms with Gasteiger partial charge in [-0.15, -0.1) is 11.3 Å². The van der Waals surface area contributed by atoms with Gasteiger partial charge in [0.05, 0.1) is 5.39 Å². The summed E-state index contributed by atoms with van der Waals surface area (Å²) in [5, 5.41) is 3.80. The zero-order valence-electron chi connectivity index (χ0n) is 18.2. The van der Waals surface area contributed by atoms with Crippen LogP contribution in [0.15, 0.2) is 12.4 Å². The predicted molar refractivity (Wildman–Crippen MR) is 119 cm³/mol. The molecule has 2 aromatic rings. The van der Waals surface area contributed by atoms with E-state index < -0.39 is 11.7 Å². The fraction of sp³-hybridized carbons (Fsp3) is 0.619. The maximum Gasteiger partial charge on any atom is 0.407 e. The molecule has 0 radical (unpaired) electrons. The summed E-state index contributed by atoms with van der Waals surface area (Å²) in [6.45, 7) is 10.9. The summed E-state index contributed by atoms with van der Waals surface area (Å²) in [5.41, 5.74) is -0.518. The number of hydrogen-bond donors (Lipinski definition) is 1. The van der Waals surface area contributed by atoms with E-state index in [4.69, 9.17) is 4.74 Å². The molecule has 3 heterocycles. The van der Waals surface area contributed by atoms with E-state index >= 15 is 0 Å². The average molecular weight is 434 g/mol. The van der Waals surface area contributed by atoms with E-state index in [0.29, 0.717) is 32.5 Å². The molecule has 0 spiro atoms. The number of piperazine rings is 1. The van der Waals surface area contributed by atoms with Crippen LogP contribution in [-0.2, 0) is 16.0 Å². The number of carbonyl (C=O) groups excluding carboxylic acids is 2. The Hall–Kier alpha value is -2.42. The van der Waals surface area contributed by atoms with Gasteiger partial charge in [0.15, 0.2) is 0 Å². The van der Waals surface area contributed by atoms with Gasteiger partial charge in [-0.2, -0.15) is 0 Å². The quantitative estimate of drug-likeness (QED) is 0.704. The van der Waals surface area contributed by atoms with Gasteiger partial charge in [0.1, 0.15) is 22.6 Å². The van der Waals surface area contributed by atoms with E-state index in [1.807, 2.05) is 25.7 Å². The number of amides is 2. The summed E-state index contributed by atoms with van der Waals surface area (Å²) < 4.78 is 5.19. The molecule has 1 aliphatic rings. The fourth-order valence-corrected chi connectivity index (χ4v) is 4.32. The third-order valence-electron chi connectivity index (χ3n) is 4.88. The Kier molecular flexibility index (Phi) is 7.12. The van der Waals surface area contributed by atoms with Crippen LogP contribution in [0.5, 0.6) is 0 Å². The summed E-state index contributed by atoms with van der Waals surface area (Å²) >= 11 is 1.72. The van der Waals surface area contributed by atoms with E-state index in [1.54, 1.807) is 17.7 Å². The van der Waals surface area contributed by atoms with Crippen LogP contribution in [0.2, 0.25) is 0 Å². The van der Waals surface area contributed by atoms with Gasteiger partial charge in [-0.25, -0.2) is 14.8 Å². The minimum Gasteiger partial charge on any atom is -0.444 e. The lowest BCUT2D eigenvalue weighted by atomic mass is 10.2. The number of nitrogens with zero attached hydrogens (tertiary/aromatic N) is 4. The molecule has 0 atom stereocenters. The summed E-state index contributed by atoms with van der Waals surface area (Å²) in [5.74, 6) is 1.09. The first-order valence-corrected chi connectivity index (χ1v) is 11.3. The summed E-state index contributed by atoms with van der Waals surface area (Å²) in [7, 11) is 0. The summed E-state index contributed by atoms with van der Waals surface area (Å²) in [6.07, 6.45) is 3.19. The molecule has 9 heteroatoms. The van der Waals surface area contributed by atoms with Gasteiger partial charge in [0.2, 0.25) is 5.91 Å². The first-order valence-electron chi connectivity index (χ1n) is 10.5. The third kappa shape index (κ3) is 5.81. The first-order chi connectivity index (χ1) is 14.3. The number of carbonyl (C=O) groups is 2. The molecule has 3 rings (SSSR count). The lowest BCUT2D eigenvalue weighted by Crippen LogP contribution is -2.49. The number of anilines is 1. The number of fused-ring (bicyclic) bond motifs is 1. The number of aryl methyl sites for hydroxylation is 1. The lowest BCUT2D eigenvalue weighted by molar-refractivity contribution is -0.131. The minimum atomic E-state index is -0.518. The average Bonchev–Trinajstić information content (AvgIpc) is 3.13. The molecule has 0 aromatic carbocycles. The standard InChI is InChI=1S/C21H31N5O3S/c1-5-15-13-16-18(23-14-24-19(16)30-15)26-11-9-25(10-12-26)17(27)7-6-8-22-20(28)29-21(2,3)4/h13-14H,5-12H2,1-4H3,(H,22,28). The molecule has 30 heavy (non-hydrogen) atoms. The van der Waals surface area contributed by atoms with Crippen molar-refractivity contribution in [3.63, 3.8) is 0 Å². The summed E-state index contributed by atoms with van der Waals surface area (Å²) in [6, 6.07) is 2.19. The van der Waals surface area contributed by atoms with Crippen LogP contribution in [0.1, 0.15) is 45.4 Å². The van der Waals surface area contributed by atoms with Crippen molar-refractivity contribution in [2.45, 2.75) is 52.6 Å². The van der Waals surface area contributed by atoms with Crippen molar-refractivity contribution in [2.24, 2.45) is 0 Å². The topological polar surface area (TPSA) is 87.7 Å². The first kappa shape index (κ1) is 22.3. The Morgan fingerprint density at radius 2 is 1.93 bits per heavy atom. The molecule has 0 aliphatic carbocycles. The van der Waals surface area contributed by atoms with Crippen molar-refractivity contribution >= 4 is 39.4 Å². The van der Waals surface area contributed by atoms with Crippen molar-refractivity contribution in [3.05, 3.63) is 17.3 Å². The molecule has 0 bridgehead atoms. The highest BCUT2D eigenvalue weighted by Gasteiger charge is 2.23. The van der Waals surface area contributed by atoms with Crippen molar-refractivity contribution < 1.29 is 14.3 Å². The number of rotatable bonds is 6. The van der Waals surface area contributed by atoms with Crippen LogP contribution < -0.4 is 10.2 Å². The Bertz CT molecular complexity index is 884. The number of alkyl carbamates (subject to hydrolysis) is 1. The van der Waals surface area contributed by atoms with E-state index in [-0.39, 0.29) is 5.91 Å². The third-order valence-corrected chi connectivity index (χ3v) is 6.06. The number of aromatic nitrogens is 2. The van der Waals surface area contributed by atoms with Gasteiger partial charge in [-0.1, -0.05) is 6.92 Å². The van der Waals surface area contributed by atoms with Crippen molar-refractivity contribution in [2.75, 3.05) is 37.6 Å². The Morgan fingerprint density at radius 1 is 1.20 bits per heavy atom. The predicted octanol–water partition coefficient (Wildman–Crippen LogP) is 3.21. The largest absolute Gasteiger partial charge is 0.444 e. The second-order valence-electron chi connectivity index (χ2n) is 8.38. The Morgan fingerprint density at radius 3 is 2.60 bits per heavy atom. The maximum atomic E-state index is 12.5. The molecule has 1 aliphatic heterocycles. The SMILES string of the molecule is CCc1cc2c(N3CCN(C(=O)CCCNC(=O)OC(C)(C)C)CC3)ncnc2s1. The van der Waals surface area contributed by atoms with Crippen LogP contribution in [0.3, 0.4) is 0 Å². The molecule has 1 N–H and O–H groups in total. The van der Waals surface area contributed by atoms with Crippen LogP contribution in [0, 0.1) is 0 Å². The summed E-state index contributed by atoms with van der Waals surface area (Å²) in [4.78, 5) is 39.5. The van der Waals surface area contributed by atoms with Gasteiger partial charge in [0, 0.05) is 44.0 Å². The highest BCUT2D eigenvalue weighted by atomic mass is 32.1. The van der Waals surface area contributed by atoms with Gasteiger partial charge in [-0.3, -0.25) is 4.79 Å². The minimum absolute atomic E-state index is 0.122. The molecular weight excluding hydrogens is 402 g/mol. The number of thiophene rings is 1. The van der Waals surface area contributed by atoms with Crippen molar-refractivity contribution in [1.29, 1.82) is 0 Å². The highest BCUT2D eigenvalue weighted by Crippen LogP contribution is 2.31. The van der Waals surface area contributed by atoms with Crippen LogP contribution in [0.4, 0.5) is 10.6 Å². The Balaban J connectivity index is 1.45. The van der Waals surface area contributed by atoms with E-state index in [0.717, 1.165) is 35.5 Å². The van der Waals surface area contributed by atoms with Crippen molar-refractivity contribution in [3.8, 4) is 0 Å². The lowest BCUT2D eigenvalue weighted by Gasteiger charge is -2.35. The second-order valence-corrected chi connectivity index (χ2v) is 9.50. The molecule has 1 fully saturated rings. The fourth-order valence-electron chi connectivity index (χ4n) is 3.39. The molecule has 2 aromatic heterocycles. The van der Waals surface area contributed by atoms with E-state index in [9.17, 15) is 9.59 Å². The second kappa shape index (κ2) is 9.59. The van der Waals surface area contributed by atoms with Gasteiger partial charge >= 0.3 is 6.09 Å². The number of ether oxygens (including phenoxy) is 1. The van der Waals surface area contributed by atoms with Gasteiger partial charge < -0.3 is 19.9 Å². The van der Waals surface area contributed by atoms with E-state index in [2.05, 4.69) is 33.2 Å². The normalized spacial score (nSPS) is 14.8. The van der Waals surface area contributed by atoms with Crippen LogP contribution in [0.25, 0.3) is 10.2 Å². The number of nitrogens with one attached hydrogen (secondary N) is 1. The van der Waals surface area contributed by atoms with Crippen molar-refractivity contribution in [1.82, 2.24) is 20.2 Å². The molecule has 2 amide bonds. The molecule has 164 valence electrons. The van der Waals surface area contributed by atoms with Crippen LogP contribution in [-0.4, -0.2) is 65.2 Å². The Labute approximate surface area is 181 Å². The molecule has 0 unspecified atom stereocenters. The molecule has 0 saturated carbocycles. The maximum absolute atomic E-state index is 12.5. The molecular formula is C21H31N5O3S. The molecule has 8 nitrogen and oxygen atoms in total. The molecule has 1 saturated heterocycles. The number of hydrogen-bond acceptors (Lipinski definition) is 7. The zero-order valence-corrected chi connectivity index (χ0v) is 19.0. The van der Waals surface area contributed by atoms with E-state index in [1.165, 1.54) is 4.88 Å². The van der Waals surface area contributed by atoms with Gasteiger partial charge in [-0.05, 0) is 39.7 Å².